The molecule has 22 heteroatoms. The van der Waals surface area contributed by atoms with Crippen LogP contribution in [0.3, 0.4) is 0 Å². The molecule has 238 valence electrons. The molecule has 0 spiro atoms. The standard InChI is InChI=1S/C20H10F17NO3S/c21-13(22,15(25,26)17(29,30)19(33,34)35)14(23,24)16(27,28)18(31,32)20(36,37)42(39,40)41-38-7-10-5-1-3-9-4-2-6-11(8-38)12(9)10/h1-6H,7-8H2. The molecule has 0 amide bonds. The maximum Gasteiger partial charge on any atom is 0.460 e. The molecule has 2 aromatic rings. The van der Waals surface area contributed by atoms with Crippen molar-refractivity contribution in [2.45, 2.75) is 60.1 Å². The molecule has 0 fully saturated rings. The first-order chi connectivity index (χ1) is 18.5. The lowest BCUT2D eigenvalue weighted by Crippen LogP contribution is -2.75. The fourth-order valence-corrected chi connectivity index (χ4v) is 4.66. The van der Waals surface area contributed by atoms with E-state index in [-0.39, 0.29) is 16.2 Å². The van der Waals surface area contributed by atoms with E-state index < -0.39 is 70.2 Å². The van der Waals surface area contributed by atoms with Crippen LogP contribution in [0.5, 0.6) is 0 Å². The van der Waals surface area contributed by atoms with Gasteiger partial charge < -0.3 is 0 Å². The smallest absolute Gasteiger partial charge is 0.192 e. The largest absolute Gasteiger partial charge is 0.460 e. The molecule has 3 rings (SSSR count). The number of halogens is 17. The van der Waals surface area contributed by atoms with Gasteiger partial charge in [0.2, 0.25) is 0 Å². The molecule has 0 aliphatic carbocycles. The topological polar surface area (TPSA) is 46.6 Å². The molecule has 2 aromatic carbocycles. The zero-order chi connectivity index (χ0) is 32.8. The average molecular weight is 667 g/mol. The average Bonchev–Trinajstić information content (AvgIpc) is 2.82. The number of hydroxylamine groups is 2. The van der Waals surface area contributed by atoms with E-state index in [1.54, 1.807) is 0 Å². The Morgan fingerprint density at radius 1 is 0.548 bits per heavy atom. The number of rotatable bonds is 9. The highest BCUT2D eigenvalue weighted by molar-refractivity contribution is 7.87. The van der Waals surface area contributed by atoms with Crippen molar-refractivity contribution in [2.24, 2.45) is 0 Å². The van der Waals surface area contributed by atoms with Gasteiger partial charge in [0.25, 0.3) is 0 Å². The Labute approximate surface area is 221 Å². The lowest BCUT2D eigenvalue weighted by atomic mass is 9.91. The van der Waals surface area contributed by atoms with Crippen molar-refractivity contribution in [1.82, 2.24) is 5.06 Å². The number of nitrogens with zero attached hydrogens (tertiary/aromatic N) is 1. The predicted octanol–water partition coefficient (Wildman–Crippen LogP) is 7.38. The molecule has 0 radical (unpaired) electrons. The molecule has 0 bridgehead atoms. The van der Waals surface area contributed by atoms with Gasteiger partial charge in [-0.2, -0.15) is 92.4 Å². The van der Waals surface area contributed by atoms with Crippen LogP contribution >= 0.6 is 0 Å². The van der Waals surface area contributed by atoms with Crippen LogP contribution in [0, 0.1) is 0 Å². The Morgan fingerprint density at radius 3 is 1.29 bits per heavy atom. The van der Waals surface area contributed by atoms with E-state index in [0.717, 1.165) is 0 Å². The zero-order valence-electron chi connectivity index (χ0n) is 19.4. The summed E-state index contributed by atoms with van der Waals surface area (Å²) in [5.74, 6) is -52.0. The second kappa shape index (κ2) is 9.44. The van der Waals surface area contributed by atoms with Gasteiger partial charge in [0.15, 0.2) is 0 Å². The van der Waals surface area contributed by atoms with Gasteiger partial charge in [0.05, 0.1) is 13.1 Å². The van der Waals surface area contributed by atoms with Gasteiger partial charge in [0.1, 0.15) is 0 Å². The summed E-state index contributed by atoms with van der Waals surface area (Å²) in [6.07, 6.45) is -7.90. The minimum absolute atomic E-state index is 0.0453. The van der Waals surface area contributed by atoms with Gasteiger partial charge in [-0.3, -0.25) is 0 Å². The van der Waals surface area contributed by atoms with E-state index >= 15 is 0 Å². The lowest BCUT2D eigenvalue weighted by Gasteiger charge is -2.42. The van der Waals surface area contributed by atoms with Crippen molar-refractivity contribution >= 4 is 20.9 Å². The number of hydrogen-bond acceptors (Lipinski definition) is 4. The van der Waals surface area contributed by atoms with Crippen LogP contribution < -0.4 is 0 Å². The normalized spacial score (nSPS) is 17.2. The van der Waals surface area contributed by atoms with E-state index in [2.05, 4.69) is 4.28 Å². The summed E-state index contributed by atoms with van der Waals surface area (Å²) < 4.78 is 256. The summed E-state index contributed by atoms with van der Waals surface area (Å²) in [7, 11) is -7.70. The number of benzene rings is 2. The van der Waals surface area contributed by atoms with Crippen LogP contribution in [-0.2, 0) is 27.5 Å². The van der Waals surface area contributed by atoms with Crippen LogP contribution in [0.1, 0.15) is 11.1 Å². The van der Waals surface area contributed by atoms with Gasteiger partial charge in [0, 0.05) is 0 Å². The lowest BCUT2D eigenvalue weighted by molar-refractivity contribution is -0.458. The van der Waals surface area contributed by atoms with Crippen LogP contribution in [0.2, 0.25) is 0 Å². The van der Waals surface area contributed by atoms with Gasteiger partial charge in [-0.05, 0) is 21.9 Å². The maximum absolute atomic E-state index is 14.3. The fraction of sp³-hybridized carbons (Fsp3) is 0.500. The Balaban J connectivity index is 2.01. The Bertz CT molecular complexity index is 1430. The van der Waals surface area contributed by atoms with Crippen molar-refractivity contribution in [3.05, 3.63) is 47.5 Å². The van der Waals surface area contributed by atoms with Crippen LogP contribution in [0.4, 0.5) is 74.6 Å². The van der Waals surface area contributed by atoms with E-state index in [9.17, 15) is 83.1 Å². The highest BCUT2D eigenvalue weighted by atomic mass is 32.2. The Kier molecular flexibility index (Phi) is 7.61. The molecule has 0 N–H and O–H groups in total. The summed E-state index contributed by atoms with van der Waals surface area (Å²) >= 11 is 0. The third kappa shape index (κ3) is 4.37. The summed E-state index contributed by atoms with van der Waals surface area (Å²) in [4.78, 5) is 0. The van der Waals surface area contributed by atoms with E-state index in [0.29, 0.717) is 10.8 Å². The number of hydrogen-bond donors (Lipinski definition) is 0. The fourth-order valence-electron chi connectivity index (χ4n) is 3.75. The Hall–Kier alpha value is -2.62. The maximum atomic E-state index is 14.3. The van der Waals surface area contributed by atoms with Crippen molar-refractivity contribution in [1.29, 1.82) is 0 Å². The number of alkyl halides is 17. The summed E-state index contributed by atoms with van der Waals surface area (Å²) in [5.41, 5.74) is 0.0907. The SMILES string of the molecule is O=S(=O)(ON1Cc2cccc3cccc(c23)C1)C(F)(F)C(F)(F)C(F)(F)C(F)(F)C(F)(F)C(F)(F)C(F)(F)C(F)(F)F. The summed E-state index contributed by atoms with van der Waals surface area (Å²) in [6.45, 7) is -1.78. The minimum Gasteiger partial charge on any atom is -0.192 e. The molecular formula is C20H10F17NO3S. The zero-order valence-corrected chi connectivity index (χ0v) is 20.2. The second-order valence-electron chi connectivity index (χ2n) is 8.72. The molecule has 1 aliphatic heterocycles. The molecule has 0 unspecified atom stereocenters. The summed E-state index contributed by atoms with van der Waals surface area (Å²) in [6, 6.07) is 8.10. The van der Waals surface area contributed by atoms with Gasteiger partial charge >= 0.3 is 57.1 Å². The third-order valence-electron chi connectivity index (χ3n) is 5.98. The molecule has 0 saturated carbocycles. The van der Waals surface area contributed by atoms with Crippen LogP contribution in [-0.4, -0.2) is 60.4 Å². The monoisotopic (exact) mass is 667 g/mol. The van der Waals surface area contributed by atoms with E-state index in [1.165, 1.54) is 36.4 Å². The van der Waals surface area contributed by atoms with Crippen molar-refractivity contribution in [3.63, 3.8) is 0 Å². The summed E-state index contributed by atoms with van der Waals surface area (Å²) in [5, 5.41) is -7.02. The quantitative estimate of drug-likeness (QED) is 0.262. The first-order valence-corrected chi connectivity index (χ1v) is 11.8. The first-order valence-electron chi connectivity index (χ1n) is 10.4. The first kappa shape index (κ1) is 33.9. The van der Waals surface area contributed by atoms with E-state index in [1.807, 2.05) is 0 Å². The molecule has 1 heterocycles. The van der Waals surface area contributed by atoms with E-state index in [4.69, 9.17) is 0 Å². The highest BCUT2D eigenvalue weighted by Crippen LogP contribution is 2.64. The predicted molar refractivity (Wildman–Crippen MR) is 104 cm³/mol. The third-order valence-corrected chi connectivity index (χ3v) is 7.27. The van der Waals surface area contributed by atoms with Gasteiger partial charge in [-0.25, -0.2) is 0 Å². The van der Waals surface area contributed by atoms with Gasteiger partial charge in [-0.1, -0.05) is 36.4 Å². The molecule has 0 atom stereocenters. The molecule has 4 nitrogen and oxygen atoms in total. The molecule has 0 aromatic heterocycles. The molecule has 1 aliphatic rings. The van der Waals surface area contributed by atoms with Crippen molar-refractivity contribution < 1.29 is 87.3 Å². The van der Waals surface area contributed by atoms with Gasteiger partial charge in [-0.15, -0.1) is 0 Å². The minimum atomic E-state index is -8.90. The second-order valence-corrected chi connectivity index (χ2v) is 10.3. The Morgan fingerprint density at radius 2 is 0.905 bits per heavy atom. The highest BCUT2D eigenvalue weighted by Gasteiger charge is 2.96. The molecule has 0 saturated heterocycles. The van der Waals surface area contributed by atoms with Crippen LogP contribution in [0.15, 0.2) is 36.4 Å². The van der Waals surface area contributed by atoms with Crippen molar-refractivity contribution in [2.75, 3.05) is 0 Å². The van der Waals surface area contributed by atoms with Crippen molar-refractivity contribution in [3.8, 4) is 0 Å². The molecular weight excluding hydrogens is 657 g/mol. The van der Waals surface area contributed by atoms with Crippen LogP contribution in [0.25, 0.3) is 10.8 Å². The molecule has 42 heavy (non-hydrogen) atoms.